The minimum Gasteiger partial charge on any atom is -0.351 e. The molecule has 0 spiro atoms. The van der Waals surface area contributed by atoms with Crippen molar-refractivity contribution < 1.29 is 19.1 Å². The number of carbonyl (C=O) groups is 2. The highest BCUT2D eigenvalue weighted by molar-refractivity contribution is 6.57. The summed E-state index contributed by atoms with van der Waals surface area (Å²) in [5.41, 5.74) is 0.462. The van der Waals surface area contributed by atoms with Gasteiger partial charge in [0.1, 0.15) is 0 Å². The van der Waals surface area contributed by atoms with Gasteiger partial charge in [0.15, 0.2) is 6.29 Å². The summed E-state index contributed by atoms with van der Waals surface area (Å²) in [7, 11) is 0. The molecule has 1 amide bonds. The van der Waals surface area contributed by atoms with Crippen LogP contribution in [0.3, 0.4) is 0 Å². The largest absolute Gasteiger partial charge is 0.351 e. The summed E-state index contributed by atoms with van der Waals surface area (Å²) in [5, 5.41) is 0.500. The number of rotatable bonds is 6. The van der Waals surface area contributed by atoms with Gasteiger partial charge in [-0.15, -0.1) is 0 Å². The number of amides is 1. The van der Waals surface area contributed by atoms with Crippen molar-refractivity contribution in [2.45, 2.75) is 20.1 Å². The van der Waals surface area contributed by atoms with Crippen LogP contribution in [0.1, 0.15) is 24.2 Å². The number of anilines is 1. The molecule has 114 valence electrons. The predicted molar refractivity (Wildman–Crippen MR) is 80.2 cm³/mol. The second kappa shape index (κ2) is 6.75. The van der Waals surface area contributed by atoms with Gasteiger partial charge in [-0.1, -0.05) is 23.2 Å². The summed E-state index contributed by atoms with van der Waals surface area (Å²) < 4.78 is 10.8. The quantitative estimate of drug-likeness (QED) is 0.594. The first-order valence-electron chi connectivity index (χ1n) is 6.58. The maximum atomic E-state index is 12.2. The molecule has 0 aliphatic carbocycles. The first-order valence-corrected chi connectivity index (χ1v) is 7.34. The highest BCUT2D eigenvalue weighted by Crippen LogP contribution is 2.40. The van der Waals surface area contributed by atoms with E-state index >= 15 is 0 Å². The topological polar surface area (TPSA) is 55.8 Å². The van der Waals surface area contributed by atoms with E-state index in [2.05, 4.69) is 0 Å². The van der Waals surface area contributed by atoms with Gasteiger partial charge in [-0.2, -0.15) is 0 Å². The number of hydrogen-bond acceptors (Lipinski definition) is 4. The number of fused-ring (bicyclic) bond motifs is 1. The minimum absolute atomic E-state index is 0.0827. The van der Waals surface area contributed by atoms with Crippen molar-refractivity contribution >= 4 is 40.6 Å². The number of ketones is 1. The van der Waals surface area contributed by atoms with Crippen LogP contribution in [0.4, 0.5) is 5.69 Å². The molecule has 2 rings (SSSR count). The third-order valence-electron chi connectivity index (χ3n) is 3.05. The van der Waals surface area contributed by atoms with Gasteiger partial charge in [-0.05, 0) is 26.0 Å². The smallest absolute Gasteiger partial charge is 0.299 e. The van der Waals surface area contributed by atoms with Crippen molar-refractivity contribution in [1.82, 2.24) is 0 Å². The lowest BCUT2D eigenvalue weighted by molar-refractivity contribution is -0.134. The van der Waals surface area contributed by atoms with Gasteiger partial charge < -0.3 is 9.47 Å². The van der Waals surface area contributed by atoms with E-state index in [0.717, 1.165) is 0 Å². The van der Waals surface area contributed by atoms with Gasteiger partial charge in [0.2, 0.25) is 0 Å². The van der Waals surface area contributed by atoms with Gasteiger partial charge in [0.25, 0.3) is 11.7 Å². The van der Waals surface area contributed by atoms with Crippen molar-refractivity contribution in [2.24, 2.45) is 0 Å². The molecule has 1 aliphatic heterocycles. The molecule has 5 nitrogen and oxygen atoms in total. The van der Waals surface area contributed by atoms with Crippen LogP contribution in [0, 0.1) is 0 Å². The van der Waals surface area contributed by atoms with Gasteiger partial charge in [0.05, 0.1) is 27.8 Å². The molecule has 0 N–H and O–H groups in total. The Morgan fingerprint density at radius 3 is 2.24 bits per heavy atom. The summed E-state index contributed by atoms with van der Waals surface area (Å²) >= 11 is 12.1. The van der Waals surface area contributed by atoms with E-state index in [9.17, 15) is 9.59 Å². The zero-order valence-electron chi connectivity index (χ0n) is 11.7. The molecule has 1 heterocycles. The molecule has 0 fully saturated rings. The molecule has 21 heavy (non-hydrogen) atoms. The fraction of sp³-hybridized carbons (Fsp3) is 0.429. The monoisotopic (exact) mass is 331 g/mol. The zero-order valence-corrected chi connectivity index (χ0v) is 13.2. The van der Waals surface area contributed by atoms with Crippen LogP contribution in [-0.2, 0) is 14.3 Å². The molecule has 0 radical (unpaired) electrons. The number of Topliss-reactive ketones (excluding diaryl/α,β-unsaturated/α-hetero) is 1. The molecule has 0 saturated carbocycles. The third kappa shape index (κ3) is 3.06. The minimum atomic E-state index is -0.676. The lowest BCUT2D eigenvalue weighted by Gasteiger charge is -2.24. The zero-order chi connectivity index (χ0) is 15.6. The first kappa shape index (κ1) is 16.2. The number of hydrogen-bond donors (Lipinski definition) is 0. The summed E-state index contributed by atoms with van der Waals surface area (Å²) in [4.78, 5) is 25.5. The van der Waals surface area contributed by atoms with Crippen LogP contribution >= 0.6 is 23.2 Å². The van der Waals surface area contributed by atoms with Crippen LogP contribution in [0.5, 0.6) is 0 Å². The number of halogens is 2. The number of benzene rings is 1. The predicted octanol–water partition coefficient (Wildman–Crippen LogP) is 2.92. The third-order valence-corrected chi connectivity index (χ3v) is 3.67. The second-order valence-electron chi connectivity index (χ2n) is 4.34. The average Bonchev–Trinajstić information content (AvgIpc) is 2.70. The standard InChI is InChI=1S/C14H15Cl2NO4/c1-3-20-10(21-4-2)7-17-12-9(16)6-5-8(15)11(12)13(18)14(17)19/h5-6,10H,3-4,7H2,1-2H3. The molecule has 0 aromatic heterocycles. The summed E-state index contributed by atoms with van der Waals surface area (Å²) in [6.45, 7) is 4.58. The molecule has 1 aromatic carbocycles. The second-order valence-corrected chi connectivity index (χ2v) is 5.15. The van der Waals surface area contributed by atoms with Gasteiger partial charge in [-0.25, -0.2) is 0 Å². The number of carbonyl (C=O) groups excluding carboxylic acids is 2. The number of nitrogens with zero attached hydrogens (tertiary/aromatic N) is 1. The van der Waals surface area contributed by atoms with Crippen LogP contribution in [0.2, 0.25) is 10.0 Å². The molecule has 0 atom stereocenters. The van der Waals surface area contributed by atoms with Crippen molar-refractivity contribution in [3.8, 4) is 0 Å². The van der Waals surface area contributed by atoms with E-state index in [1.54, 1.807) is 6.07 Å². The Bertz CT molecular complexity index is 570. The normalized spacial score (nSPS) is 14.2. The molecular weight excluding hydrogens is 317 g/mol. The van der Waals surface area contributed by atoms with Crippen molar-refractivity contribution in [3.63, 3.8) is 0 Å². The van der Waals surface area contributed by atoms with Crippen LogP contribution in [-0.4, -0.2) is 37.7 Å². The Hall–Kier alpha value is -1.14. The van der Waals surface area contributed by atoms with E-state index in [0.29, 0.717) is 23.9 Å². The summed E-state index contributed by atoms with van der Waals surface area (Å²) in [6, 6.07) is 3.05. The van der Waals surface area contributed by atoms with Gasteiger partial charge in [-0.3, -0.25) is 14.5 Å². The van der Waals surface area contributed by atoms with Crippen LogP contribution in [0.25, 0.3) is 0 Å². The van der Waals surface area contributed by atoms with Crippen LogP contribution in [0.15, 0.2) is 12.1 Å². The Balaban J connectivity index is 2.36. The lowest BCUT2D eigenvalue weighted by Crippen LogP contribution is -2.39. The van der Waals surface area contributed by atoms with E-state index in [-0.39, 0.29) is 17.1 Å². The number of ether oxygens (including phenoxy) is 2. The Labute approximate surface area is 132 Å². The lowest BCUT2D eigenvalue weighted by atomic mass is 10.1. The van der Waals surface area contributed by atoms with E-state index in [1.165, 1.54) is 11.0 Å². The van der Waals surface area contributed by atoms with Gasteiger partial charge in [0, 0.05) is 13.2 Å². The molecule has 1 aromatic rings. The van der Waals surface area contributed by atoms with Crippen LogP contribution < -0.4 is 4.90 Å². The molecule has 0 bridgehead atoms. The molecule has 0 saturated heterocycles. The molecular formula is C14H15Cl2NO4. The Kier molecular flexibility index (Phi) is 5.22. The fourth-order valence-corrected chi connectivity index (χ4v) is 2.70. The summed E-state index contributed by atoms with van der Waals surface area (Å²) in [5.74, 6) is -1.34. The van der Waals surface area contributed by atoms with E-state index in [1.807, 2.05) is 13.8 Å². The first-order chi connectivity index (χ1) is 10.0. The SMILES string of the molecule is CCOC(CN1C(=O)C(=O)c2c(Cl)ccc(Cl)c21)OCC. The van der Waals surface area contributed by atoms with Crippen molar-refractivity contribution in [1.29, 1.82) is 0 Å². The van der Waals surface area contributed by atoms with E-state index < -0.39 is 18.0 Å². The summed E-state index contributed by atoms with van der Waals surface area (Å²) in [6.07, 6.45) is -0.627. The fourth-order valence-electron chi connectivity index (χ4n) is 2.20. The highest BCUT2D eigenvalue weighted by atomic mass is 35.5. The van der Waals surface area contributed by atoms with Crippen molar-refractivity contribution in [3.05, 3.63) is 27.7 Å². The van der Waals surface area contributed by atoms with E-state index in [4.69, 9.17) is 32.7 Å². The maximum absolute atomic E-state index is 12.2. The average molecular weight is 332 g/mol. The highest BCUT2D eigenvalue weighted by Gasteiger charge is 2.40. The molecule has 0 unspecified atom stereocenters. The molecule has 1 aliphatic rings. The Morgan fingerprint density at radius 2 is 1.67 bits per heavy atom. The van der Waals surface area contributed by atoms with Crippen molar-refractivity contribution in [2.75, 3.05) is 24.7 Å². The molecule has 7 heteroatoms. The maximum Gasteiger partial charge on any atom is 0.299 e. The van der Waals surface area contributed by atoms with Gasteiger partial charge >= 0.3 is 0 Å². The Morgan fingerprint density at radius 1 is 1.10 bits per heavy atom.